The fraction of sp³-hybridized carbons (Fsp3) is 0.800. The van der Waals surface area contributed by atoms with Crippen molar-refractivity contribution in [3.05, 3.63) is 0 Å². The second-order valence-electron chi connectivity index (χ2n) is 2.12. The fourth-order valence-corrected chi connectivity index (χ4v) is 0.388. The standard InChI is InChI=1S/C5H12N2O2.Na.H/c1-3(6)4(7)2-5(8)9;;/h3-4H,2,6-7H2,1H3,(H,8,9);;/q;+1;-1. The van der Waals surface area contributed by atoms with Crippen LogP contribution in [0.2, 0.25) is 0 Å². The number of carboxylic acid groups (broad SMARTS) is 1. The predicted octanol–water partition coefficient (Wildman–Crippen LogP) is -3.75. The van der Waals surface area contributed by atoms with E-state index in [-0.39, 0.29) is 43.4 Å². The molecular formula is C5H13N2NaO2. The minimum Gasteiger partial charge on any atom is -1.00 e. The molecule has 5 heteroatoms. The molecule has 56 valence electrons. The zero-order valence-corrected chi connectivity index (χ0v) is 8.37. The molecular weight excluding hydrogens is 143 g/mol. The number of nitrogens with two attached hydrogens (primary N) is 2. The van der Waals surface area contributed by atoms with Gasteiger partial charge in [-0.05, 0) is 6.92 Å². The normalized spacial score (nSPS) is 15.1. The minimum absolute atomic E-state index is 0. The van der Waals surface area contributed by atoms with E-state index in [1.165, 1.54) is 0 Å². The van der Waals surface area contributed by atoms with Crippen LogP contribution < -0.4 is 41.0 Å². The number of hydrogen-bond donors (Lipinski definition) is 3. The summed E-state index contributed by atoms with van der Waals surface area (Å²) in [6.07, 6.45) is -0.0579. The van der Waals surface area contributed by atoms with Crippen LogP contribution in [-0.4, -0.2) is 23.2 Å². The number of aliphatic carboxylic acids is 1. The van der Waals surface area contributed by atoms with E-state index < -0.39 is 12.0 Å². The van der Waals surface area contributed by atoms with Crippen molar-refractivity contribution < 1.29 is 40.9 Å². The molecule has 0 aromatic heterocycles. The summed E-state index contributed by atoms with van der Waals surface area (Å²) in [6.45, 7) is 1.69. The molecule has 0 saturated carbocycles. The van der Waals surface area contributed by atoms with Gasteiger partial charge in [0.2, 0.25) is 0 Å². The fourth-order valence-electron chi connectivity index (χ4n) is 0.388. The van der Waals surface area contributed by atoms with E-state index in [4.69, 9.17) is 16.6 Å². The van der Waals surface area contributed by atoms with Gasteiger partial charge in [-0.25, -0.2) is 0 Å². The Bertz CT molecular complexity index is 113. The molecule has 2 atom stereocenters. The SMILES string of the molecule is CC(N)C(N)CC(=O)O.[H-].[Na+]. The van der Waals surface area contributed by atoms with Gasteiger partial charge in [-0.2, -0.15) is 0 Å². The number of hydrogen-bond acceptors (Lipinski definition) is 3. The van der Waals surface area contributed by atoms with E-state index >= 15 is 0 Å². The van der Waals surface area contributed by atoms with Crippen LogP contribution in [0.4, 0.5) is 0 Å². The summed E-state index contributed by atoms with van der Waals surface area (Å²) >= 11 is 0. The van der Waals surface area contributed by atoms with E-state index in [0.29, 0.717) is 0 Å². The molecule has 0 heterocycles. The molecule has 0 aromatic carbocycles. The van der Waals surface area contributed by atoms with E-state index in [2.05, 4.69) is 0 Å². The first-order valence-corrected chi connectivity index (χ1v) is 2.77. The minimum atomic E-state index is -0.903. The van der Waals surface area contributed by atoms with Crippen molar-refractivity contribution in [2.75, 3.05) is 0 Å². The monoisotopic (exact) mass is 156 g/mol. The number of carboxylic acids is 1. The molecule has 0 bridgehead atoms. The second kappa shape index (κ2) is 6.12. The van der Waals surface area contributed by atoms with Crippen molar-refractivity contribution in [2.45, 2.75) is 25.4 Å². The molecule has 0 spiro atoms. The summed E-state index contributed by atoms with van der Waals surface area (Å²) in [7, 11) is 0. The van der Waals surface area contributed by atoms with Gasteiger partial charge < -0.3 is 18.0 Å². The molecule has 0 aliphatic heterocycles. The van der Waals surface area contributed by atoms with Crippen molar-refractivity contribution in [3.8, 4) is 0 Å². The maximum atomic E-state index is 9.98. The Morgan fingerprint density at radius 2 is 2.10 bits per heavy atom. The van der Waals surface area contributed by atoms with Gasteiger partial charge in [-0.15, -0.1) is 0 Å². The van der Waals surface area contributed by atoms with Crippen molar-refractivity contribution >= 4 is 5.97 Å². The van der Waals surface area contributed by atoms with E-state index in [0.717, 1.165) is 0 Å². The molecule has 4 nitrogen and oxygen atoms in total. The predicted molar refractivity (Wildman–Crippen MR) is 35.0 cm³/mol. The van der Waals surface area contributed by atoms with Crippen LogP contribution in [0.25, 0.3) is 0 Å². The summed E-state index contributed by atoms with van der Waals surface area (Å²) in [5.74, 6) is -0.903. The molecule has 0 aliphatic carbocycles. The van der Waals surface area contributed by atoms with E-state index in [9.17, 15) is 4.79 Å². The van der Waals surface area contributed by atoms with Crippen molar-refractivity contribution in [1.29, 1.82) is 0 Å². The third-order valence-electron chi connectivity index (χ3n) is 1.09. The second-order valence-corrected chi connectivity index (χ2v) is 2.12. The molecule has 0 aromatic rings. The zero-order chi connectivity index (χ0) is 7.44. The summed E-state index contributed by atoms with van der Waals surface area (Å²) in [5, 5.41) is 8.20. The van der Waals surface area contributed by atoms with Gasteiger partial charge >= 0.3 is 35.5 Å². The molecule has 2 unspecified atom stereocenters. The molecule has 0 amide bonds. The molecule has 5 N–H and O–H groups in total. The van der Waals surface area contributed by atoms with Gasteiger partial charge in [0.15, 0.2) is 0 Å². The smallest absolute Gasteiger partial charge is 1.00 e. The summed E-state index contributed by atoms with van der Waals surface area (Å²) in [4.78, 5) is 9.98. The largest absolute Gasteiger partial charge is 1.00 e. The number of rotatable bonds is 3. The Hall–Kier alpha value is 0.390. The topological polar surface area (TPSA) is 89.3 Å². The first-order chi connectivity index (χ1) is 4.04. The van der Waals surface area contributed by atoms with Gasteiger partial charge in [0.05, 0.1) is 6.42 Å². The molecule has 0 aliphatic rings. The maximum absolute atomic E-state index is 9.98. The molecule has 0 fully saturated rings. The van der Waals surface area contributed by atoms with Crippen LogP contribution in [-0.2, 0) is 4.79 Å². The first kappa shape index (κ1) is 13.0. The van der Waals surface area contributed by atoms with Crippen LogP contribution in [0.5, 0.6) is 0 Å². The van der Waals surface area contributed by atoms with Crippen LogP contribution >= 0.6 is 0 Å². The van der Waals surface area contributed by atoms with Gasteiger partial charge in [0.25, 0.3) is 0 Å². The van der Waals surface area contributed by atoms with Crippen LogP contribution in [0.3, 0.4) is 0 Å². The Balaban J connectivity index is -0.000000320. The zero-order valence-electron chi connectivity index (χ0n) is 7.37. The average molecular weight is 156 g/mol. The van der Waals surface area contributed by atoms with Crippen molar-refractivity contribution in [2.24, 2.45) is 11.5 Å². The summed E-state index contributed by atoms with van der Waals surface area (Å²) in [6, 6.07) is -0.677. The van der Waals surface area contributed by atoms with Crippen LogP contribution in [0, 0.1) is 0 Å². The van der Waals surface area contributed by atoms with Crippen molar-refractivity contribution in [1.82, 2.24) is 0 Å². The molecule has 0 rings (SSSR count). The number of carbonyl (C=O) groups is 1. The van der Waals surface area contributed by atoms with E-state index in [1.807, 2.05) is 0 Å². The van der Waals surface area contributed by atoms with E-state index in [1.54, 1.807) is 6.92 Å². The Morgan fingerprint density at radius 3 is 2.20 bits per heavy atom. The maximum Gasteiger partial charge on any atom is 1.00 e. The van der Waals surface area contributed by atoms with Crippen LogP contribution in [0.1, 0.15) is 14.8 Å². The average Bonchev–Trinajstić information content (AvgIpc) is 1.63. The Kier molecular flexibility index (Phi) is 7.97. The molecule has 10 heavy (non-hydrogen) atoms. The van der Waals surface area contributed by atoms with Crippen molar-refractivity contribution in [3.63, 3.8) is 0 Å². The third-order valence-corrected chi connectivity index (χ3v) is 1.09. The van der Waals surface area contributed by atoms with Gasteiger partial charge in [0.1, 0.15) is 0 Å². The Morgan fingerprint density at radius 1 is 1.70 bits per heavy atom. The Labute approximate surface area is 83.7 Å². The summed E-state index contributed by atoms with van der Waals surface area (Å²) < 4.78 is 0. The summed E-state index contributed by atoms with van der Waals surface area (Å²) in [5.41, 5.74) is 10.6. The van der Waals surface area contributed by atoms with Gasteiger partial charge in [0, 0.05) is 12.1 Å². The van der Waals surface area contributed by atoms with Crippen LogP contribution in [0.15, 0.2) is 0 Å². The molecule has 0 radical (unpaired) electrons. The van der Waals surface area contributed by atoms with Gasteiger partial charge in [-0.1, -0.05) is 0 Å². The first-order valence-electron chi connectivity index (χ1n) is 2.77. The quantitative estimate of drug-likeness (QED) is 0.366. The van der Waals surface area contributed by atoms with Gasteiger partial charge in [-0.3, -0.25) is 4.79 Å². The third kappa shape index (κ3) is 6.51. The molecule has 0 saturated heterocycles.